The van der Waals surface area contributed by atoms with E-state index in [0.29, 0.717) is 6.61 Å². The van der Waals surface area contributed by atoms with E-state index < -0.39 is 0 Å². The van der Waals surface area contributed by atoms with Gasteiger partial charge in [0.15, 0.2) is 0 Å². The Kier molecular flexibility index (Phi) is 4.93. The van der Waals surface area contributed by atoms with Crippen LogP contribution < -0.4 is 10.1 Å². The Morgan fingerprint density at radius 2 is 2.13 bits per heavy atom. The molecule has 2 N–H and O–H groups in total. The molecule has 0 saturated carbocycles. The van der Waals surface area contributed by atoms with Crippen LogP contribution in [0.5, 0.6) is 5.75 Å². The van der Waals surface area contributed by atoms with Crippen LogP contribution in [-0.4, -0.2) is 32.5 Å². The molecule has 0 atom stereocenters. The molecule has 0 aliphatic heterocycles. The fourth-order valence-electron chi connectivity index (χ4n) is 1.29. The number of hydrogen-bond donors (Lipinski definition) is 2. The Balaban J connectivity index is 2.69. The summed E-state index contributed by atoms with van der Waals surface area (Å²) in [5.74, 6) is 0.747. The van der Waals surface area contributed by atoms with Gasteiger partial charge in [-0.05, 0) is 18.2 Å². The minimum atomic E-state index is -0.00743. The molecule has 4 heteroatoms. The second-order valence-electron chi connectivity index (χ2n) is 3.10. The van der Waals surface area contributed by atoms with Crippen LogP contribution in [-0.2, 0) is 11.3 Å². The van der Waals surface area contributed by atoms with Crippen molar-refractivity contribution >= 4 is 5.69 Å². The van der Waals surface area contributed by atoms with E-state index in [1.54, 1.807) is 14.2 Å². The van der Waals surface area contributed by atoms with E-state index in [2.05, 4.69) is 5.32 Å². The topological polar surface area (TPSA) is 50.7 Å². The smallest absolute Gasteiger partial charge is 0.119 e. The zero-order valence-corrected chi connectivity index (χ0v) is 9.12. The zero-order valence-electron chi connectivity index (χ0n) is 9.12. The van der Waals surface area contributed by atoms with Gasteiger partial charge in [-0.25, -0.2) is 0 Å². The van der Waals surface area contributed by atoms with E-state index in [4.69, 9.17) is 14.6 Å². The van der Waals surface area contributed by atoms with Gasteiger partial charge in [0.05, 0.1) is 20.3 Å². The highest BCUT2D eigenvalue weighted by atomic mass is 16.5. The van der Waals surface area contributed by atoms with E-state index in [9.17, 15) is 0 Å². The van der Waals surface area contributed by atoms with Gasteiger partial charge in [-0.1, -0.05) is 0 Å². The summed E-state index contributed by atoms with van der Waals surface area (Å²) in [5, 5.41) is 12.3. The van der Waals surface area contributed by atoms with Gasteiger partial charge < -0.3 is 19.9 Å². The minimum absolute atomic E-state index is 0.00743. The number of aliphatic hydroxyl groups is 1. The summed E-state index contributed by atoms with van der Waals surface area (Å²) in [5.41, 5.74) is 1.74. The van der Waals surface area contributed by atoms with Crippen LogP contribution in [0.25, 0.3) is 0 Å². The summed E-state index contributed by atoms with van der Waals surface area (Å²) in [6.07, 6.45) is 0. The lowest BCUT2D eigenvalue weighted by Crippen LogP contribution is -2.09. The molecule has 1 aromatic rings. The van der Waals surface area contributed by atoms with E-state index in [-0.39, 0.29) is 6.61 Å². The van der Waals surface area contributed by atoms with Crippen molar-refractivity contribution < 1.29 is 14.6 Å². The van der Waals surface area contributed by atoms with Gasteiger partial charge in [0.2, 0.25) is 0 Å². The van der Waals surface area contributed by atoms with Gasteiger partial charge in [-0.3, -0.25) is 0 Å². The molecule has 1 aromatic carbocycles. The van der Waals surface area contributed by atoms with Gasteiger partial charge in [0, 0.05) is 24.9 Å². The first-order chi connectivity index (χ1) is 7.31. The Labute approximate surface area is 89.8 Å². The number of methoxy groups -OCH3 is 2. The van der Waals surface area contributed by atoms with Crippen molar-refractivity contribution in [2.24, 2.45) is 0 Å². The van der Waals surface area contributed by atoms with Crippen molar-refractivity contribution in [1.82, 2.24) is 0 Å². The van der Waals surface area contributed by atoms with Crippen LogP contribution >= 0.6 is 0 Å². The second kappa shape index (κ2) is 6.27. The quantitative estimate of drug-likeness (QED) is 0.695. The van der Waals surface area contributed by atoms with Gasteiger partial charge in [0.25, 0.3) is 0 Å². The first-order valence-corrected chi connectivity index (χ1v) is 4.82. The zero-order chi connectivity index (χ0) is 11.1. The van der Waals surface area contributed by atoms with E-state index >= 15 is 0 Å². The van der Waals surface area contributed by atoms with Crippen molar-refractivity contribution in [1.29, 1.82) is 0 Å². The molecular weight excluding hydrogens is 194 g/mol. The largest absolute Gasteiger partial charge is 0.497 e. The van der Waals surface area contributed by atoms with Crippen LogP contribution in [0.15, 0.2) is 18.2 Å². The maximum absolute atomic E-state index is 9.17. The summed E-state index contributed by atoms with van der Waals surface area (Å²) in [6.45, 7) is 1.35. The number of aliphatic hydroxyl groups excluding tert-OH is 1. The summed E-state index contributed by atoms with van der Waals surface area (Å²) in [6, 6.07) is 5.56. The molecule has 0 saturated heterocycles. The van der Waals surface area contributed by atoms with Gasteiger partial charge in [0.1, 0.15) is 5.75 Å². The van der Waals surface area contributed by atoms with Crippen LogP contribution in [0.1, 0.15) is 5.56 Å². The van der Waals surface area contributed by atoms with Crippen LogP contribution in [0, 0.1) is 0 Å². The molecule has 0 heterocycles. The Bertz CT molecular complexity index is 302. The molecule has 0 aliphatic carbocycles. The highest BCUT2D eigenvalue weighted by Gasteiger charge is 2.02. The predicted molar refractivity (Wildman–Crippen MR) is 59.3 cm³/mol. The summed E-state index contributed by atoms with van der Waals surface area (Å²) < 4.78 is 10.0. The SMILES string of the molecule is COCCNc1ccc(OC)cc1CO. The number of benzene rings is 1. The number of rotatable bonds is 6. The molecule has 0 spiro atoms. The number of anilines is 1. The molecule has 15 heavy (non-hydrogen) atoms. The first kappa shape index (κ1) is 11.8. The lowest BCUT2D eigenvalue weighted by molar-refractivity contribution is 0.210. The molecule has 0 fully saturated rings. The van der Waals surface area contributed by atoms with Crippen LogP contribution in [0.4, 0.5) is 5.69 Å². The highest BCUT2D eigenvalue weighted by molar-refractivity contribution is 5.54. The summed E-state index contributed by atoms with van der Waals surface area (Å²) in [7, 11) is 3.26. The molecule has 1 rings (SSSR count). The Morgan fingerprint density at radius 1 is 1.33 bits per heavy atom. The Morgan fingerprint density at radius 3 is 2.73 bits per heavy atom. The van der Waals surface area contributed by atoms with Crippen molar-refractivity contribution in [3.05, 3.63) is 23.8 Å². The fourth-order valence-corrected chi connectivity index (χ4v) is 1.29. The van der Waals surface area contributed by atoms with Crippen molar-refractivity contribution in [2.75, 3.05) is 32.7 Å². The number of hydrogen-bond acceptors (Lipinski definition) is 4. The molecule has 4 nitrogen and oxygen atoms in total. The predicted octanol–water partition coefficient (Wildman–Crippen LogP) is 1.25. The molecule has 0 aromatic heterocycles. The number of nitrogens with one attached hydrogen (secondary N) is 1. The van der Waals surface area contributed by atoms with Gasteiger partial charge in [-0.15, -0.1) is 0 Å². The van der Waals surface area contributed by atoms with Crippen molar-refractivity contribution in [2.45, 2.75) is 6.61 Å². The lowest BCUT2D eigenvalue weighted by Gasteiger charge is -2.11. The summed E-state index contributed by atoms with van der Waals surface area (Å²) >= 11 is 0. The molecule has 0 radical (unpaired) electrons. The molecular formula is C11H17NO3. The second-order valence-corrected chi connectivity index (χ2v) is 3.10. The third-order valence-corrected chi connectivity index (χ3v) is 2.10. The maximum Gasteiger partial charge on any atom is 0.119 e. The van der Waals surface area contributed by atoms with E-state index in [1.807, 2.05) is 18.2 Å². The van der Waals surface area contributed by atoms with Gasteiger partial charge in [-0.2, -0.15) is 0 Å². The highest BCUT2D eigenvalue weighted by Crippen LogP contribution is 2.21. The van der Waals surface area contributed by atoms with E-state index in [1.165, 1.54) is 0 Å². The molecule has 0 unspecified atom stereocenters. The minimum Gasteiger partial charge on any atom is -0.497 e. The van der Waals surface area contributed by atoms with E-state index in [0.717, 1.165) is 23.5 Å². The lowest BCUT2D eigenvalue weighted by atomic mass is 10.2. The Hall–Kier alpha value is -1.26. The molecule has 0 bridgehead atoms. The molecule has 84 valence electrons. The van der Waals surface area contributed by atoms with Gasteiger partial charge >= 0.3 is 0 Å². The third-order valence-electron chi connectivity index (χ3n) is 2.10. The third kappa shape index (κ3) is 3.42. The molecule has 0 amide bonds. The summed E-state index contributed by atoms with van der Waals surface area (Å²) in [4.78, 5) is 0. The monoisotopic (exact) mass is 211 g/mol. The van der Waals surface area contributed by atoms with Crippen molar-refractivity contribution in [3.63, 3.8) is 0 Å². The normalized spacial score (nSPS) is 10.1. The fraction of sp³-hybridized carbons (Fsp3) is 0.455. The average molecular weight is 211 g/mol. The van der Waals surface area contributed by atoms with Crippen molar-refractivity contribution in [3.8, 4) is 5.75 Å². The average Bonchev–Trinajstić information content (AvgIpc) is 2.29. The number of ether oxygens (including phenoxy) is 2. The maximum atomic E-state index is 9.17. The van der Waals surface area contributed by atoms with Crippen LogP contribution in [0.3, 0.4) is 0 Å². The first-order valence-electron chi connectivity index (χ1n) is 4.82. The standard InChI is InChI=1S/C11H17NO3/c1-14-6-5-12-11-4-3-10(15-2)7-9(11)8-13/h3-4,7,12-13H,5-6,8H2,1-2H3. The molecule has 0 aliphatic rings. The van der Waals surface area contributed by atoms with Crippen LogP contribution in [0.2, 0.25) is 0 Å².